The molecule has 15 heavy (non-hydrogen) atoms. The van der Waals surface area contributed by atoms with Gasteiger partial charge in [-0.15, -0.1) is 9.67 Å². The van der Waals surface area contributed by atoms with E-state index in [4.69, 9.17) is 0 Å². The third-order valence-corrected chi connectivity index (χ3v) is 3.16. The van der Waals surface area contributed by atoms with Gasteiger partial charge in [-0.3, -0.25) is 0 Å². The van der Waals surface area contributed by atoms with Gasteiger partial charge in [0.2, 0.25) is 0 Å². The number of rotatable bonds is 1. The lowest BCUT2D eigenvalue weighted by Crippen LogP contribution is -3.00. The lowest BCUT2D eigenvalue weighted by Gasteiger charge is -1.92. The topological polar surface area (TPSA) is 47.5 Å². The summed E-state index contributed by atoms with van der Waals surface area (Å²) in [5.41, 5.74) is 1.07. The van der Waals surface area contributed by atoms with E-state index in [-0.39, 0.29) is 17.0 Å². The van der Waals surface area contributed by atoms with Crippen LogP contribution in [0.5, 0.6) is 0 Å². The summed E-state index contributed by atoms with van der Waals surface area (Å²) in [5.74, 6) is 0.848. The highest BCUT2D eigenvalue weighted by molar-refractivity contribution is 7.13. The van der Waals surface area contributed by atoms with Gasteiger partial charge in [-0.25, -0.2) is 0 Å². The van der Waals surface area contributed by atoms with Crippen LogP contribution in [0.4, 0.5) is 0 Å². The van der Waals surface area contributed by atoms with Crippen molar-refractivity contribution in [2.75, 3.05) is 0 Å². The first-order valence-corrected chi connectivity index (χ1v) is 5.14. The first kappa shape index (κ1) is 12.3. The van der Waals surface area contributed by atoms with Gasteiger partial charge in [-0.1, -0.05) is 16.1 Å². The Hall–Kier alpha value is -0.820. The third-order valence-electron chi connectivity index (χ3n) is 2.11. The molecule has 0 unspecified atom stereocenters. The van der Waals surface area contributed by atoms with Gasteiger partial charge in [0.15, 0.2) is 0 Å². The minimum Gasteiger partial charge on any atom is -1.00 e. The molecule has 82 valence electrons. The predicted molar refractivity (Wildman–Crippen MR) is 52.4 cm³/mol. The number of hydrogen-bond acceptors (Lipinski definition) is 4. The molecule has 0 N–H and O–H groups in total. The Morgan fingerprint density at radius 2 is 1.93 bits per heavy atom. The van der Waals surface area contributed by atoms with Gasteiger partial charge >= 0.3 is 5.13 Å². The Balaban J connectivity index is 0.00000112. The van der Waals surface area contributed by atoms with Crippen LogP contribution in [0.3, 0.4) is 0 Å². The van der Waals surface area contributed by atoms with Crippen molar-refractivity contribution < 1.29 is 21.7 Å². The molecule has 0 spiro atoms. The number of halogens is 1. The zero-order valence-electron chi connectivity index (χ0n) is 9.02. The molecular weight excluding hydrogens is 278 g/mol. The largest absolute Gasteiger partial charge is 1.00 e. The summed E-state index contributed by atoms with van der Waals surface area (Å²) >= 11 is 1.65. The van der Waals surface area contributed by atoms with E-state index in [1.54, 1.807) is 16.1 Å². The minimum atomic E-state index is 0. The van der Waals surface area contributed by atoms with Crippen LogP contribution in [-0.4, -0.2) is 20.1 Å². The molecule has 0 bridgehead atoms. The molecule has 0 amide bonds. The van der Waals surface area contributed by atoms with Crippen molar-refractivity contribution in [3.05, 3.63) is 16.4 Å². The van der Waals surface area contributed by atoms with Crippen molar-refractivity contribution in [2.24, 2.45) is 7.05 Å². The Morgan fingerprint density at radius 1 is 1.27 bits per heavy atom. The Labute approximate surface area is 103 Å². The summed E-state index contributed by atoms with van der Waals surface area (Å²) in [4.78, 5) is 7.37. The Bertz CT molecular complexity index is 436. The number of thiazole rings is 1. The Morgan fingerprint density at radius 3 is 2.33 bits per heavy atom. The van der Waals surface area contributed by atoms with E-state index in [0.29, 0.717) is 0 Å². The summed E-state index contributed by atoms with van der Waals surface area (Å²) in [6.45, 7) is 5.99. The molecule has 5 nitrogen and oxygen atoms in total. The highest BCUT2D eigenvalue weighted by Crippen LogP contribution is 2.15. The normalized spacial score (nSPS) is 10.1. The van der Waals surface area contributed by atoms with Crippen molar-refractivity contribution in [3.63, 3.8) is 0 Å². The highest BCUT2D eigenvalue weighted by Gasteiger charge is 2.19. The zero-order chi connectivity index (χ0) is 10.3. The standard InChI is InChI=1S/C8H12N5S.BrH/c1-5-6(2)14-8(9-5)13-7(3)10-11-12(13)4;/h1-4H3;1H/q+1;/p-1. The van der Waals surface area contributed by atoms with Crippen LogP contribution >= 0.6 is 11.3 Å². The van der Waals surface area contributed by atoms with Crippen LogP contribution in [0.25, 0.3) is 5.13 Å². The minimum absolute atomic E-state index is 0. The molecule has 0 radical (unpaired) electrons. The van der Waals surface area contributed by atoms with E-state index in [1.807, 2.05) is 25.6 Å². The summed E-state index contributed by atoms with van der Waals surface area (Å²) in [6, 6.07) is 0. The van der Waals surface area contributed by atoms with Crippen LogP contribution in [-0.2, 0) is 7.05 Å². The fraction of sp³-hybridized carbons (Fsp3) is 0.500. The maximum Gasteiger partial charge on any atom is 0.313 e. The van der Waals surface area contributed by atoms with Crippen molar-refractivity contribution >= 4 is 11.3 Å². The van der Waals surface area contributed by atoms with E-state index >= 15 is 0 Å². The maximum atomic E-state index is 4.46. The molecule has 0 saturated carbocycles. The van der Waals surface area contributed by atoms with Gasteiger partial charge in [-0.05, 0) is 13.8 Å². The van der Waals surface area contributed by atoms with Crippen molar-refractivity contribution in [1.82, 2.24) is 20.1 Å². The average molecular weight is 290 g/mol. The summed E-state index contributed by atoms with van der Waals surface area (Å²) < 4.78 is 1.89. The van der Waals surface area contributed by atoms with Crippen LogP contribution in [0.1, 0.15) is 16.4 Å². The SMILES string of the molecule is Cc1nc(-[n+]2c(C)nnn2C)sc1C.[Br-]. The van der Waals surface area contributed by atoms with E-state index in [9.17, 15) is 0 Å². The van der Waals surface area contributed by atoms with Gasteiger partial charge in [0.05, 0.1) is 7.05 Å². The van der Waals surface area contributed by atoms with E-state index in [0.717, 1.165) is 16.6 Å². The van der Waals surface area contributed by atoms with Gasteiger partial charge in [0, 0.05) is 16.9 Å². The molecule has 0 aromatic carbocycles. The molecule has 2 aromatic heterocycles. The molecule has 0 fully saturated rings. The van der Waals surface area contributed by atoms with Crippen LogP contribution in [0.2, 0.25) is 0 Å². The molecule has 2 rings (SSSR count). The van der Waals surface area contributed by atoms with Gasteiger partial charge in [0.1, 0.15) is 10.9 Å². The first-order chi connectivity index (χ1) is 6.59. The second-order valence-corrected chi connectivity index (χ2v) is 4.36. The Kier molecular flexibility index (Phi) is 3.56. The fourth-order valence-electron chi connectivity index (χ4n) is 1.23. The maximum absolute atomic E-state index is 4.46. The number of tetrazole rings is 1. The van der Waals surface area contributed by atoms with Crippen molar-refractivity contribution in [3.8, 4) is 5.13 Å². The van der Waals surface area contributed by atoms with E-state index in [1.165, 1.54) is 4.88 Å². The average Bonchev–Trinajstić information content (AvgIpc) is 2.59. The quantitative estimate of drug-likeness (QED) is 0.545. The third kappa shape index (κ3) is 2.07. The number of nitrogens with zero attached hydrogens (tertiary/aromatic N) is 5. The molecular formula is C8H12BrN5S. The first-order valence-electron chi connectivity index (χ1n) is 4.32. The molecule has 0 atom stereocenters. The smallest absolute Gasteiger partial charge is 0.313 e. The highest BCUT2D eigenvalue weighted by atomic mass is 79.9. The molecule has 0 aliphatic heterocycles. The second kappa shape index (κ2) is 4.36. The molecule has 0 saturated heterocycles. The van der Waals surface area contributed by atoms with Crippen LogP contribution in [0, 0.1) is 20.8 Å². The summed E-state index contributed by atoms with van der Waals surface area (Å²) in [7, 11) is 1.85. The van der Waals surface area contributed by atoms with E-state index < -0.39 is 0 Å². The molecule has 2 heterocycles. The molecule has 2 aromatic rings. The lowest BCUT2D eigenvalue weighted by molar-refractivity contribution is -0.693. The van der Waals surface area contributed by atoms with Crippen molar-refractivity contribution in [2.45, 2.75) is 20.8 Å². The monoisotopic (exact) mass is 289 g/mol. The number of aryl methyl sites for hydroxylation is 4. The zero-order valence-corrected chi connectivity index (χ0v) is 11.4. The fourth-order valence-corrected chi connectivity index (χ4v) is 2.22. The molecule has 0 aliphatic rings. The molecule has 7 heteroatoms. The van der Waals surface area contributed by atoms with E-state index in [2.05, 4.69) is 22.2 Å². The van der Waals surface area contributed by atoms with Gasteiger partial charge in [-0.2, -0.15) is 0 Å². The second-order valence-electron chi connectivity index (χ2n) is 3.18. The predicted octanol–water partition coefficient (Wildman–Crippen LogP) is -2.52. The van der Waals surface area contributed by atoms with Gasteiger partial charge in [0.25, 0.3) is 5.82 Å². The number of aromatic nitrogens is 5. The number of hydrogen-bond donors (Lipinski definition) is 0. The summed E-state index contributed by atoms with van der Waals surface area (Å²) in [6.07, 6.45) is 0. The lowest BCUT2D eigenvalue weighted by atomic mass is 10.4. The summed E-state index contributed by atoms with van der Waals surface area (Å²) in [5, 5.41) is 8.82. The van der Waals surface area contributed by atoms with Crippen LogP contribution in [0.15, 0.2) is 0 Å². The van der Waals surface area contributed by atoms with Crippen molar-refractivity contribution in [1.29, 1.82) is 0 Å². The van der Waals surface area contributed by atoms with Gasteiger partial charge < -0.3 is 17.0 Å². The molecule has 0 aliphatic carbocycles. The van der Waals surface area contributed by atoms with Crippen LogP contribution < -0.4 is 21.7 Å².